The molecule has 0 amide bonds. The van der Waals surface area contributed by atoms with E-state index in [0.717, 1.165) is 102 Å². The third-order valence-corrected chi connectivity index (χ3v) is 19.0. The number of aliphatic hydroxyl groups is 1. The lowest BCUT2D eigenvalue weighted by Crippen LogP contribution is -2.30. The van der Waals surface area contributed by atoms with Crippen LogP contribution in [0.15, 0.2) is 0 Å². The van der Waals surface area contributed by atoms with Crippen LogP contribution < -0.4 is 0 Å². The quantitative estimate of drug-likeness (QED) is 0.0222. The maximum absolute atomic E-state index is 13.0. The van der Waals surface area contributed by atoms with E-state index in [2.05, 4.69) is 41.5 Å². The molecule has 0 aliphatic heterocycles. The van der Waals surface area contributed by atoms with Crippen molar-refractivity contribution in [2.24, 2.45) is 11.8 Å². The fourth-order valence-corrected chi connectivity index (χ4v) is 12.5. The molecule has 0 heterocycles. The lowest BCUT2D eigenvalue weighted by Gasteiger charge is -2.21. The summed E-state index contributed by atoms with van der Waals surface area (Å²) in [7, 11) is -9.90. The van der Waals surface area contributed by atoms with Crippen molar-refractivity contribution in [3.8, 4) is 0 Å². The smallest absolute Gasteiger partial charge is 0.462 e. The van der Waals surface area contributed by atoms with Crippen molar-refractivity contribution in [2.45, 2.75) is 387 Å². The maximum atomic E-state index is 13.0. The number of ether oxygens (including phenoxy) is 4. The van der Waals surface area contributed by atoms with Crippen molar-refractivity contribution in [3.63, 3.8) is 0 Å². The highest BCUT2D eigenvalue weighted by molar-refractivity contribution is 7.47. The number of aliphatic hydroxyl groups excluding tert-OH is 1. The van der Waals surface area contributed by atoms with E-state index in [4.69, 9.17) is 37.0 Å². The van der Waals surface area contributed by atoms with Gasteiger partial charge in [-0.2, -0.15) is 0 Å². The SMILES string of the molecule is CCCCCCCCCCCCCCCCCCCCCCC(=O)O[C@H](COC(=O)CCCCCCCCCCCCCC)COP(=O)(O)OC[C@@H](O)COP(=O)(O)OC[C@@H](COC(=O)CCCCCCCCC(C)C)OC(=O)CCCCCCCCC(C)CC. The van der Waals surface area contributed by atoms with E-state index in [9.17, 15) is 43.2 Å². The van der Waals surface area contributed by atoms with Gasteiger partial charge in [-0.25, -0.2) is 9.13 Å². The number of carbonyl (C=O) groups excluding carboxylic acids is 4. The van der Waals surface area contributed by atoms with Crippen LogP contribution in [0.25, 0.3) is 0 Å². The molecule has 0 saturated heterocycles. The molecule has 0 aromatic heterocycles. The zero-order valence-corrected chi connectivity index (χ0v) is 60.9. The van der Waals surface area contributed by atoms with Gasteiger partial charge in [-0.1, -0.05) is 318 Å². The Kier molecular flexibility index (Phi) is 62.7. The van der Waals surface area contributed by atoms with Crippen LogP contribution in [0.5, 0.6) is 0 Å². The molecule has 0 rings (SSSR count). The van der Waals surface area contributed by atoms with Crippen molar-refractivity contribution >= 4 is 39.5 Å². The van der Waals surface area contributed by atoms with Crippen molar-refractivity contribution in [1.29, 1.82) is 0 Å². The second kappa shape index (κ2) is 64.1. The summed E-state index contributed by atoms with van der Waals surface area (Å²) in [6.07, 6.45) is 50.3. The molecule has 19 heteroatoms. The second-order valence-corrected chi connectivity index (χ2v) is 29.6. The second-order valence-electron chi connectivity index (χ2n) is 26.7. The first-order valence-corrected chi connectivity index (χ1v) is 40.5. The van der Waals surface area contributed by atoms with Crippen LogP contribution >= 0.6 is 15.6 Å². The molecule has 0 saturated carbocycles. The monoisotopic (exact) mass is 1340 g/mol. The zero-order valence-electron chi connectivity index (χ0n) is 59.1. The molecule has 3 N–H and O–H groups in total. The summed E-state index contributed by atoms with van der Waals surface area (Å²) in [5.41, 5.74) is 0. The Balaban J connectivity index is 5.18. The van der Waals surface area contributed by atoms with Crippen LogP contribution in [0, 0.1) is 11.8 Å². The minimum Gasteiger partial charge on any atom is -0.462 e. The van der Waals surface area contributed by atoms with E-state index in [-0.39, 0.29) is 25.7 Å². The van der Waals surface area contributed by atoms with Crippen LogP contribution in [-0.2, 0) is 65.4 Å². The van der Waals surface area contributed by atoms with Crippen molar-refractivity contribution in [3.05, 3.63) is 0 Å². The topological polar surface area (TPSA) is 237 Å². The molecular weight excluding hydrogens is 1200 g/mol. The summed E-state index contributed by atoms with van der Waals surface area (Å²) >= 11 is 0. The van der Waals surface area contributed by atoms with Crippen LogP contribution in [0.2, 0.25) is 0 Å². The van der Waals surface area contributed by atoms with Gasteiger partial charge in [0.2, 0.25) is 0 Å². The Morgan fingerprint density at radius 3 is 0.835 bits per heavy atom. The Morgan fingerprint density at radius 1 is 0.319 bits per heavy atom. The lowest BCUT2D eigenvalue weighted by molar-refractivity contribution is -0.161. The standard InChI is InChI=1S/C72H140O17P2/c1-7-10-12-14-16-18-20-22-23-24-25-26-27-28-29-31-33-35-44-50-56-71(76)88-67(60-82-69(74)54-48-42-34-32-30-21-19-17-15-13-11-8-2)62-86-90(78,79)84-58-66(73)59-85-91(80,81)87-63-68(61-83-70(75)55-49-43-38-36-40-46-52-64(4)5)89-72(77)57-51-45-39-37-41-47-53-65(6)9-3/h64-68,73H,7-63H2,1-6H3,(H,78,79)(H,80,81)/t65?,66-,67-,68-/m1/s1. The van der Waals surface area contributed by atoms with Gasteiger partial charge in [0.05, 0.1) is 26.4 Å². The predicted octanol–water partition coefficient (Wildman–Crippen LogP) is 20.8. The molecule has 0 fully saturated rings. The van der Waals surface area contributed by atoms with Gasteiger partial charge in [0, 0.05) is 25.7 Å². The first-order valence-electron chi connectivity index (χ1n) is 37.5. The van der Waals surface area contributed by atoms with Gasteiger partial charge in [-0.15, -0.1) is 0 Å². The van der Waals surface area contributed by atoms with Crippen LogP contribution in [0.3, 0.4) is 0 Å². The Hall–Kier alpha value is -1.94. The van der Waals surface area contributed by atoms with E-state index in [0.29, 0.717) is 31.6 Å². The number of unbranched alkanes of at least 4 members (excludes halogenated alkanes) is 40. The molecule has 6 atom stereocenters. The highest BCUT2D eigenvalue weighted by atomic mass is 31.2. The predicted molar refractivity (Wildman–Crippen MR) is 368 cm³/mol. The van der Waals surface area contributed by atoms with E-state index in [1.54, 1.807) is 0 Å². The van der Waals surface area contributed by atoms with Gasteiger partial charge in [-0.3, -0.25) is 37.3 Å². The summed E-state index contributed by atoms with van der Waals surface area (Å²) in [4.78, 5) is 72.5. The number of phosphoric acid groups is 2. The molecule has 540 valence electrons. The van der Waals surface area contributed by atoms with Gasteiger partial charge in [0.25, 0.3) is 0 Å². The lowest BCUT2D eigenvalue weighted by atomic mass is 10.00. The molecule has 0 aromatic rings. The van der Waals surface area contributed by atoms with Gasteiger partial charge >= 0.3 is 39.5 Å². The molecule has 17 nitrogen and oxygen atoms in total. The normalized spacial score (nSPS) is 14.4. The number of hydrogen-bond donors (Lipinski definition) is 3. The van der Waals surface area contributed by atoms with E-state index in [1.165, 1.54) is 180 Å². The number of phosphoric ester groups is 2. The summed E-state index contributed by atoms with van der Waals surface area (Å²) in [6, 6.07) is 0. The third-order valence-electron chi connectivity index (χ3n) is 17.1. The number of esters is 4. The summed E-state index contributed by atoms with van der Waals surface area (Å²) < 4.78 is 68.3. The molecule has 0 radical (unpaired) electrons. The Morgan fingerprint density at radius 2 is 0.560 bits per heavy atom. The molecule has 91 heavy (non-hydrogen) atoms. The molecule has 3 unspecified atom stereocenters. The first kappa shape index (κ1) is 89.1. The molecule has 0 aromatic carbocycles. The summed E-state index contributed by atoms with van der Waals surface area (Å²) in [6.45, 7) is 9.42. The number of rotatable bonds is 71. The fourth-order valence-electron chi connectivity index (χ4n) is 10.9. The van der Waals surface area contributed by atoms with Crippen LogP contribution in [-0.4, -0.2) is 96.7 Å². The number of hydrogen-bond acceptors (Lipinski definition) is 15. The zero-order chi connectivity index (χ0) is 67.2. The van der Waals surface area contributed by atoms with Crippen LogP contribution in [0.1, 0.15) is 369 Å². The largest absolute Gasteiger partial charge is 0.472 e. The van der Waals surface area contributed by atoms with E-state index >= 15 is 0 Å². The highest BCUT2D eigenvalue weighted by Gasteiger charge is 2.30. The first-order chi connectivity index (χ1) is 43.9. The van der Waals surface area contributed by atoms with Gasteiger partial charge in [0.1, 0.15) is 19.3 Å². The summed E-state index contributed by atoms with van der Waals surface area (Å²) in [5, 5.41) is 10.6. The molecule has 0 bridgehead atoms. The Labute approximate surface area is 556 Å². The number of carbonyl (C=O) groups is 4. The van der Waals surface area contributed by atoms with Crippen molar-refractivity contribution in [1.82, 2.24) is 0 Å². The fraction of sp³-hybridized carbons (Fsp3) is 0.944. The molecular formula is C72H140O17P2. The van der Waals surface area contributed by atoms with Crippen molar-refractivity contribution in [2.75, 3.05) is 39.6 Å². The average molecular weight is 1340 g/mol. The van der Waals surface area contributed by atoms with Gasteiger partial charge in [0.15, 0.2) is 12.2 Å². The van der Waals surface area contributed by atoms with Crippen LogP contribution in [0.4, 0.5) is 0 Å². The Bertz CT molecular complexity index is 1770. The third kappa shape index (κ3) is 65.1. The minimum absolute atomic E-state index is 0.102. The summed E-state index contributed by atoms with van der Waals surface area (Å²) in [5.74, 6) is -0.727. The highest BCUT2D eigenvalue weighted by Crippen LogP contribution is 2.45. The van der Waals surface area contributed by atoms with E-state index in [1.807, 2.05) is 0 Å². The van der Waals surface area contributed by atoms with Gasteiger partial charge < -0.3 is 33.8 Å². The van der Waals surface area contributed by atoms with E-state index < -0.39 is 97.5 Å². The maximum Gasteiger partial charge on any atom is 0.472 e. The minimum atomic E-state index is -4.95. The van der Waals surface area contributed by atoms with Crippen molar-refractivity contribution < 1.29 is 80.2 Å². The average Bonchev–Trinajstić information content (AvgIpc) is 3.32. The molecule has 0 aliphatic carbocycles. The van der Waals surface area contributed by atoms with Gasteiger partial charge in [-0.05, 0) is 37.5 Å². The molecule has 0 aliphatic rings. The molecule has 0 spiro atoms.